The Labute approximate surface area is 51.2 Å². The molecule has 8 heavy (non-hydrogen) atoms. The third kappa shape index (κ3) is 2.39. The summed E-state index contributed by atoms with van der Waals surface area (Å²) in [6.07, 6.45) is 5.39. The lowest BCUT2D eigenvalue weighted by Gasteiger charge is -1.76. The summed E-state index contributed by atoms with van der Waals surface area (Å²) < 4.78 is 1.89. The van der Waals surface area contributed by atoms with Crippen molar-refractivity contribution in [1.29, 1.82) is 0 Å². The van der Waals surface area contributed by atoms with Crippen LogP contribution in [-0.4, -0.2) is 9.55 Å². The monoisotopic (exact) mass is 114 g/mol. The molecule has 0 aromatic carbocycles. The molecule has 48 valence electrons. The zero-order chi connectivity index (χ0) is 4.41. The van der Waals surface area contributed by atoms with E-state index in [1.54, 1.807) is 12.5 Å². The Morgan fingerprint density at radius 2 is 2.00 bits per heavy atom. The van der Waals surface area contributed by atoms with Gasteiger partial charge >= 0.3 is 0 Å². The number of hydrogen-bond acceptors (Lipinski definition) is 1. The molecule has 2 nitrogen and oxygen atoms in total. The summed E-state index contributed by atoms with van der Waals surface area (Å²) >= 11 is 0. The average molecular weight is 114 g/mol. The van der Waals surface area contributed by atoms with Crippen LogP contribution in [0.15, 0.2) is 18.7 Å². The molecule has 1 aromatic rings. The molecule has 0 fully saturated rings. The van der Waals surface area contributed by atoms with Crippen LogP contribution < -0.4 is 0 Å². The Balaban J connectivity index is 0. The van der Waals surface area contributed by atoms with Gasteiger partial charge in [-0.15, -0.1) is 0 Å². The molecule has 0 saturated carbocycles. The minimum atomic E-state index is 0. The van der Waals surface area contributed by atoms with Gasteiger partial charge in [0.15, 0.2) is 0 Å². The summed E-state index contributed by atoms with van der Waals surface area (Å²) in [6.45, 7) is 0. The Morgan fingerprint density at radius 3 is 2.12 bits per heavy atom. The van der Waals surface area contributed by atoms with E-state index in [0.717, 1.165) is 0 Å². The van der Waals surface area contributed by atoms with Crippen LogP contribution >= 0.6 is 0 Å². The van der Waals surface area contributed by atoms with Gasteiger partial charge in [0.2, 0.25) is 0 Å². The first kappa shape index (κ1) is 10.2. The third-order valence-electron chi connectivity index (χ3n) is 0.637. The number of aryl methyl sites for hydroxylation is 1. The Hall–Kier alpha value is -0.790. The fraction of sp³-hybridized carbons (Fsp3) is 0.500. The van der Waals surface area contributed by atoms with Crippen molar-refractivity contribution in [2.24, 2.45) is 7.05 Å². The summed E-state index contributed by atoms with van der Waals surface area (Å²) in [7, 11) is 1.94. The minimum absolute atomic E-state index is 0. The number of nitrogens with zero attached hydrogens (tertiary/aromatic N) is 2. The van der Waals surface area contributed by atoms with Crippen molar-refractivity contribution in [3.63, 3.8) is 0 Å². The van der Waals surface area contributed by atoms with Gasteiger partial charge in [-0.3, -0.25) is 0 Å². The van der Waals surface area contributed by atoms with Crippen molar-refractivity contribution in [2.45, 2.75) is 14.9 Å². The lowest BCUT2D eigenvalue weighted by Crippen LogP contribution is -1.76. The summed E-state index contributed by atoms with van der Waals surface area (Å²) in [4.78, 5) is 3.78. The number of aromatic nitrogens is 2. The summed E-state index contributed by atoms with van der Waals surface area (Å²) in [5.41, 5.74) is 0. The first-order valence-corrected chi connectivity index (χ1v) is 1.81. The Kier molecular flexibility index (Phi) is 5.60. The van der Waals surface area contributed by atoms with Gasteiger partial charge in [-0.2, -0.15) is 0 Å². The second-order valence-corrected chi connectivity index (χ2v) is 1.23. The maximum atomic E-state index is 3.78. The predicted octanol–water partition coefficient (Wildman–Crippen LogP) is 1.69. The first-order chi connectivity index (χ1) is 2.89. The highest BCUT2D eigenvalue weighted by Gasteiger charge is 1.69. The maximum Gasteiger partial charge on any atom is 0.0943 e. The van der Waals surface area contributed by atoms with Crippen molar-refractivity contribution >= 4 is 0 Å². The second-order valence-electron chi connectivity index (χ2n) is 1.23. The zero-order valence-corrected chi connectivity index (χ0v) is 3.63. The largest absolute Gasteiger partial charge is 0.341 e. The fourth-order valence-corrected chi connectivity index (χ4v) is 0.326. The maximum absolute atomic E-state index is 3.78. The van der Waals surface area contributed by atoms with Crippen LogP contribution in [0.1, 0.15) is 14.9 Å². The number of hydrogen-bond donors (Lipinski definition) is 0. The van der Waals surface area contributed by atoms with E-state index >= 15 is 0 Å². The van der Waals surface area contributed by atoms with Gasteiger partial charge in [0, 0.05) is 19.4 Å². The van der Waals surface area contributed by atoms with E-state index in [1.165, 1.54) is 0 Å². The molecule has 2 heteroatoms. The van der Waals surface area contributed by atoms with Crippen molar-refractivity contribution in [2.75, 3.05) is 0 Å². The molecule has 1 heterocycles. The van der Waals surface area contributed by atoms with Crippen molar-refractivity contribution < 1.29 is 0 Å². The molecular formula is C6H14N2. The van der Waals surface area contributed by atoms with E-state index in [9.17, 15) is 0 Å². The van der Waals surface area contributed by atoms with Gasteiger partial charge in [-0.05, 0) is 0 Å². The molecule has 0 aliphatic carbocycles. The highest BCUT2D eigenvalue weighted by molar-refractivity contribution is 4.70. The van der Waals surface area contributed by atoms with Gasteiger partial charge in [0.1, 0.15) is 0 Å². The topological polar surface area (TPSA) is 17.8 Å². The molecule has 0 radical (unpaired) electrons. The SMILES string of the molecule is C.C.Cn1ccnc1. The third-order valence-corrected chi connectivity index (χ3v) is 0.637. The summed E-state index contributed by atoms with van der Waals surface area (Å²) in [5, 5.41) is 0. The van der Waals surface area contributed by atoms with Crippen LogP contribution in [0.3, 0.4) is 0 Å². The lowest BCUT2D eigenvalue weighted by atomic mass is 10.9. The molecule has 0 unspecified atom stereocenters. The van der Waals surface area contributed by atoms with Crippen LogP contribution in [0.25, 0.3) is 0 Å². The lowest BCUT2D eigenvalue weighted by molar-refractivity contribution is 0.913. The minimum Gasteiger partial charge on any atom is -0.341 e. The Bertz CT molecular complexity index is 110. The van der Waals surface area contributed by atoms with Crippen LogP contribution in [0.2, 0.25) is 0 Å². The molecule has 0 amide bonds. The normalized spacial score (nSPS) is 6.62. The quantitative estimate of drug-likeness (QED) is 0.502. The van der Waals surface area contributed by atoms with Crippen molar-refractivity contribution in [3.05, 3.63) is 18.7 Å². The van der Waals surface area contributed by atoms with Crippen LogP contribution in [0, 0.1) is 0 Å². The molecule has 1 rings (SSSR count). The molecule has 0 aliphatic rings. The van der Waals surface area contributed by atoms with E-state index in [1.807, 2.05) is 17.8 Å². The summed E-state index contributed by atoms with van der Waals surface area (Å²) in [6, 6.07) is 0. The molecule has 0 aliphatic heterocycles. The molecular weight excluding hydrogens is 100 g/mol. The number of rotatable bonds is 0. The first-order valence-electron chi connectivity index (χ1n) is 1.81. The molecule has 0 bridgehead atoms. The smallest absolute Gasteiger partial charge is 0.0943 e. The Morgan fingerprint density at radius 1 is 1.38 bits per heavy atom. The van der Waals surface area contributed by atoms with E-state index in [0.29, 0.717) is 0 Å². The molecule has 0 spiro atoms. The summed E-state index contributed by atoms with van der Waals surface area (Å²) in [5.74, 6) is 0. The number of imidazole rings is 1. The molecule has 0 saturated heterocycles. The van der Waals surface area contributed by atoms with Crippen molar-refractivity contribution in [1.82, 2.24) is 9.55 Å². The van der Waals surface area contributed by atoms with Crippen LogP contribution in [0.5, 0.6) is 0 Å². The van der Waals surface area contributed by atoms with Gasteiger partial charge in [0.25, 0.3) is 0 Å². The van der Waals surface area contributed by atoms with Crippen LogP contribution in [-0.2, 0) is 7.05 Å². The molecule has 0 atom stereocenters. The van der Waals surface area contributed by atoms with Crippen molar-refractivity contribution in [3.8, 4) is 0 Å². The van der Waals surface area contributed by atoms with E-state index in [-0.39, 0.29) is 14.9 Å². The average Bonchev–Trinajstić information content (AvgIpc) is 1.86. The highest BCUT2D eigenvalue weighted by Crippen LogP contribution is 1.73. The standard InChI is InChI=1S/C4H6N2.2CH4/c1-6-3-2-5-4-6;;/h2-4H,1H3;2*1H4. The molecule has 0 N–H and O–H groups in total. The predicted molar refractivity (Wildman–Crippen MR) is 36.7 cm³/mol. The zero-order valence-electron chi connectivity index (χ0n) is 3.63. The fourth-order valence-electron chi connectivity index (χ4n) is 0.326. The van der Waals surface area contributed by atoms with E-state index < -0.39 is 0 Å². The van der Waals surface area contributed by atoms with E-state index in [4.69, 9.17) is 0 Å². The van der Waals surface area contributed by atoms with Gasteiger partial charge in [0.05, 0.1) is 6.33 Å². The van der Waals surface area contributed by atoms with Gasteiger partial charge in [-0.25, -0.2) is 4.98 Å². The van der Waals surface area contributed by atoms with Gasteiger partial charge in [-0.1, -0.05) is 14.9 Å². The van der Waals surface area contributed by atoms with Crippen LogP contribution in [0.4, 0.5) is 0 Å². The van der Waals surface area contributed by atoms with Gasteiger partial charge < -0.3 is 4.57 Å². The highest BCUT2D eigenvalue weighted by atomic mass is 15.0. The van der Waals surface area contributed by atoms with E-state index in [2.05, 4.69) is 4.98 Å². The second kappa shape index (κ2) is 4.37. The molecule has 1 aromatic heterocycles.